The van der Waals surface area contributed by atoms with Gasteiger partial charge >= 0.3 is 0 Å². The lowest BCUT2D eigenvalue weighted by Gasteiger charge is -2.44. The van der Waals surface area contributed by atoms with Crippen molar-refractivity contribution in [2.24, 2.45) is 11.1 Å². The Balaban J connectivity index is 1.64. The second kappa shape index (κ2) is 4.71. The summed E-state index contributed by atoms with van der Waals surface area (Å²) >= 11 is 1.81. The molecule has 0 aromatic carbocycles. The van der Waals surface area contributed by atoms with Crippen LogP contribution in [-0.4, -0.2) is 24.0 Å². The van der Waals surface area contributed by atoms with E-state index in [1.54, 1.807) is 11.3 Å². The molecule has 0 aliphatic heterocycles. The zero-order chi connectivity index (χ0) is 11.7. The number of nitrogens with two attached hydrogens (primary N) is 1. The van der Waals surface area contributed by atoms with E-state index in [0.29, 0.717) is 5.41 Å². The fourth-order valence-electron chi connectivity index (χ4n) is 2.91. The summed E-state index contributed by atoms with van der Waals surface area (Å²) in [5.74, 6) is 0. The molecule has 2 aliphatic carbocycles. The van der Waals surface area contributed by atoms with Crippen LogP contribution in [0.15, 0.2) is 16.8 Å². The summed E-state index contributed by atoms with van der Waals surface area (Å²) in [7, 11) is 0. The smallest absolute Gasteiger partial charge is 0.0245 e. The topological polar surface area (TPSA) is 29.3 Å². The van der Waals surface area contributed by atoms with Crippen LogP contribution in [0.4, 0.5) is 0 Å². The Morgan fingerprint density at radius 1 is 1.41 bits per heavy atom. The SMILES string of the molecule is NCC1(CN(Cc2ccsc2)C2CC2)CCC1. The van der Waals surface area contributed by atoms with E-state index in [1.165, 1.54) is 44.2 Å². The molecule has 0 spiro atoms. The van der Waals surface area contributed by atoms with Crippen molar-refractivity contribution in [3.8, 4) is 0 Å². The number of hydrogen-bond acceptors (Lipinski definition) is 3. The second-order valence-corrected chi connectivity index (χ2v) is 6.61. The molecule has 3 heteroatoms. The summed E-state index contributed by atoms with van der Waals surface area (Å²) < 4.78 is 0. The summed E-state index contributed by atoms with van der Waals surface area (Å²) in [6.07, 6.45) is 6.86. The van der Waals surface area contributed by atoms with Crippen LogP contribution >= 0.6 is 11.3 Å². The first-order valence-electron chi connectivity index (χ1n) is 6.77. The minimum Gasteiger partial charge on any atom is -0.330 e. The normalized spacial score (nSPS) is 22.7. The lowest BCUT2D eigenvalue weighted by Crippen LogP contribution is -2.47. The average molecular weight is 250 g/mol. The molecule has 1 heterocycles. The van der Waals surface area contributed by atoms with Crippen LogP contribution in [0.1, 0.15) is 37.7 Å². The maximum atomic E-state index is 5.99. The summed E-state index contributed by atoms with van der Waals surface area (Å²) in [6.45, 7) is 3.24. The lowest BCUT2D eigenvalue weighted by molar-refractivity contribution is 0.0664. The van der Waals surface area contributed by atoms with Gasteiger partial charge in [-0.3, -0.25) is 4.90 Å². The van der Waals surface area contributed by atoms with Crippen LogP contribution in [0, 0.1) is 5.41 Å². The number of nitrogens with zero attached hydrogens (tertiary/aromatic N) is 1. The van der Waals surface area contributed by atoms with E-state index in [1.807, 2.05) is 0 Å². The molecule has 2 nitrogen and oxygen atoms in total. The van der Waals surface area contributed by atoms with Crippen LogP contribution in [0.3, 0.4) is 0 Å². The third kappa shape index (κ3) is 2.56. The monoisotopic (exact) mass is 250 g/mol. The third-order valence-corrected chi connectivity index (χ3v) is 5.15. The van der Waals surface area contributed by atoms with Gasteiger partial charge < -0.3 is 5.73 Å². The quantitative estimate of drug-likeness (QED) is 0.841. The van der Waals surface area contributed by atoms with Gasteiger partial charge in [0.1, 0.15) is 0 Å². The van der Waals surface area contributed by atoms with Gasteiger partial charge in [0.25, 0.3) is 0 Å². The molecule has 0 radical (unpaired) electrons. The van der Waals surface area contributed by atoms with Gasteiger partial charge in [0.05, 0.1) is 0 Å². The standard InChI is InChI=1S/C14H22N2S/c15-10-14(5-1-6-14)11-16(13-2-3-13)8-12-4-7-17-9-12/h4,7,9,13H,1-3,5-6,8,10-11,15H2. The lowest BCUT2D eigenvalue weighted by atomic mass is 9.68. The first kappa shape index (κ1) is 11.7. The second-order valence-electron chi connectivity index (χ2n) is 5.83. The van der Waals surface area contributed by atoms with Crippen molar-refractivity contribution < 1.29 is 0 Å². The van der Waals surface area contributed by atoms with Gasteiger partial charge in [0, 0.05) is 19.1 Å². The largest absolute Gasteiger partial charge is 0.330 e. The van der Waals surface area contributed by atoms with Gasteiger partial charge in [-0.25, -0.2) is 0 Å². The Morgan fingerprint density at radius 3 is 2.71 bits per heavy atom. The molecule has 94 valence electrons. The summed E-state index contributed by atoms with van der Waals surface area (Å²) in [5, 5.41) is 4.47. The number of thiophene rings is 1. The third-order valence-electron chi connectivity index (χ3n) is 4.41. The first-order chi connectivity index (χ1) is 8.31. The minimum atomic E-state index is 0.457. The van der Waals surface area contributed by atoms with E-state index in [9.17, 15) is 0 Å². The molecular formula is C14H22N2S. The number of hydrogen-bond donors (Lipinski definition) is 1. The molecule has 2 saturated carbocycles. The van der Waals surface area contributed by atoms with Crippen LogP contribution in [0.5, 0.6) is 0 Å². The zero-order valence-electron chi connectivity index (χ0n) is 10.4. The minimum absolute atomic E-state index is 0.457. The highest BCUT2D eigenvalue weighted by Gasteiger charge is 2.40. The summed E-state index contributed by atoms with van der Waals surface area (Å²) in [5.41, 5.74) is 7.92. The molecule has 2 N–H and O–H groups in total. The predicted octanol–water partition coefficient (Wildman–Crippen LogP) is 2.84. The van der Waals surface area contributed by atoms with Crippen molar-refractivity contribution in [2.45, 2.75) is 44.7 Å². The maximum absolute atomic E-state index is 5.99. The molecule has 0 saturated heterocycles. The summed E-state index contributed by atoms with van der Waals surface area (Å²) in [4.78, 5) is 2.69. The maximum Gasteiger partial charge on any atom is 0.0245 e. The summed E-state index contributed by atoms with van der Waals surface area (Å²) in [6, 6.07) is 3.11. The van der Waals surface area contributed by atoms with Crippen LogP contribution in [0.25, 0.3) is 0 Å². The Bertz CT molecular complexity index is 347. The van der Waals surface area contributed by atoms with Gasteiger partial charge in [0.2, 0.25) is 0 Å². The van der Waals surface area contributed by atoms with Crippen LogP contribution in [-0.2, 0) is 6.54 Å². The van der Waals surface area contributed by atoms with Gasteiger partial charge in [-0.1, -0.05) is 6.42 Å². The Morgan fingerprint density at radius 2 is 2.24 bits per heavy atom. The Hall–Kier alpha value is -0.380. The van der Waals surface area contributed by atoms with E-state index in [0.717, 1.165) is 19.1 Å². The Kier molecular flexibility index (Phi) is 3.24. The highest BCUT2D eigenvalue weighted by Crippen LogP contribution is 2.43. The van der Waals surface area contributed by atoms with Crippen molar-refractivity contribution in [1.82, 2.24) is 4.90 Å². The zero-order valence-corrected chi connectivity index (χ0v) is 11.2. The van der Waals surface area contributed by atoms with Crippen molar-refractivity contribution >= 4 is 11.3 Å². The van der Waals surface area contributed by atoms with Gasteiger partial charge in [-0.05, 0) is 60.0 Å². The Labute approximate surface area is 108 Å². The first-order valence-corrected chi connectivity index (χ1v) is 7.71. The molecular weight excluding hydrogens is 228 g/mol. The average Bonchev–Trinajstić information content (AvgIpc) is 3.01. The van der Waals surface area contributed by atoms with Crippen LogP contribution < -0.4 is 5.73 Å². The van der Waals surface area contributed by atoms with Gasteiger partial charge in [0.15, 0.2) is 0 Å². The van der Waals surface area contributed by atoms with Gasteiger partial charge in [-0.2, -0.15) is 11.3 Å². The molecule has 0 bridgehead atoms. The van der Waals surface area contributed by atoms with Crippen molar-refractivity contribution in [3.05, 3.63) is 22.4 Å². The van der Waals surface area contributed by atoms with Crippen molar-refractivity contribution in [2.75, 3.05) is 13.1 Å². The fourth-order valence-corrected chi connectivity index (χ4v) is 3.57. The van der Waals surface area contributed by atoms with E-state index in [2.05, 4.69) is 21.7 Å². The van der Waals surface area contributed by atoms with Crippen molar-refractivity contribution in [3.63, 3.8) is 0 Å². The van der Waals surface area contributed by atoms with Crippen molar-refractivity contribution in [1.29, 1.82) is 0 Å². The fraction of sp³-hybridized carbons (Fsp3) is 0.714. The molecule has 2 fully saturated rings. The molecule has 2 aliphatic rings. The molecule has 1 aromatic heterocycles. The van der Waals surface area contributed by atoms with Gasteiger partial charge in [-0.15, -0.1) is 0 Å². The molecule has 17 heavy (non-hydrogen) atoms. The highest BCUT2D eigenvalue weighted by atomic mass is 32.1. The van der Waals surface area contributed by atoms with Crippen LogP contribution in [0.2, 0.25) is 0 Å². The molecule has 0 unspecified atom stereocenters. The molecule has 1 aromatic rings. The molecule has 0 amide bonds. The van der Waals surface area contributed by atoms with E-state index in [4.69, 9.17) is 5.73 Å². The molecule has 0 atom stereocenters. The van der Waals surface area contributed by atoms with E-state index in [-0.39, 0.29) is 0 Å². The predicted molar refractivity (Wildman–Crippen MR) is 73.1 cm³/mol. The van der Waals surface area contributed by atoms with E-state index < -0.39 is 0 Å². The number of rotatable bonds is 6. The highest BCUT2D eigenvalue weighted by molar-refractivity contribution is 7.07. The van der Waals surface area contributed by atoms with E-state index >= 15 is 0 Å². The molecule has 3 rings (SSSR count).